The van der Waals surface area contributed by atoms with E-state index in [0.717, 1.165) is 5.66 Å². The summed E-state index contributed by atoms with van der Waals surface area (Å²) in [6, 6.07) is 0. The first-order valence-corrected chi connectivity index (χ1v) is 14.8. The number of hydrogen-bond donors (Lipinski definition) is 0. The van der Waals surface area contributed by atoms with Crippen LogP contribution < -0.4 is 0 Å². The summed E-state index contributed by atoms with van der Waals surface area (Å²) < 4.78 is 0. The van der Waals surface area contributed by atoms with Crippen molar-refractivity contribution in [2.24, 2.45) is 0 Å². The largest absolute Gasteiger partial charge is 0.147 e. The molecule has 0 aliphatic rings. The van der Waals surface area contributed by atoms with Crippen LogP contribution in [-0.2, 0) is 0 Å². The first-order valence-electron chi connectivity index (χ1n) is 13.0. The third kappa shape index (κ3) is 20.0. The third-order valence-electron chi connectivity index (χ3n) is 6.13. The van der Waals surface area contributed by atoms with Crippen molar-refractivity contribution in [1.82, 2.24) is 0 Å². The highest BCUT2D eigenvalue weighted by Crippen LogP contribution is 2.47. The number of hydrogen-bond acceptors (Lipinski definition) is 0. The van der Waals surface area contributed by atoms with Gasteiger partial charge in [0.15, 0.2) is 0 Å². The molecule has 0 N–H and O–H groups in total. The lowest BCUT2D eigenvalue weighted by atomic mass is 10.0. The molecule has 0 aromatic heterocycles. The SMILES string of the molecule is CCCCCCCCCCCCCCC(CCC)P(CCCC)CCCC.Cl. The molecule has 0 radical (unpaired) electrons. The van der Waals surface area contributed by atoms with Gasteiger partial charge in [0.05, 0.1) is 0 Å². The highest BCUT2D eigenvalue weighted by Gasteiger charge is 2.18. The monoisotopic (exact) mass is 434 g/mol. The van der Waals surface area contributed by atoms with E-state index in [0.29, 0.717) is 7.92 Å². The second-order valence-electron chi connectivity index (χ2n) is 8.86. The molecular formula is C26H56ClP. The summed E-state index contributed by atoms with van der Waals surface area (Å²) in [5.74, 6) is 0. The lowest BCUT2D eigenvalue weighted by Crippen LogP contribution is -2.10. The number of rotatable bonds is 22. The molecule has 0 aromatic carbocycles. The van der Waals surface area contributed by atoms with Crippen LogP contribution in [0.4, 0.5) is 0 Å². The Morgan fingerprint density at radius 1 is 0.429 bits per heavy atom. The van der Waals surface area contributed by atoms with E-state index in [2.05, 4.69) is 27.7 Å². The van der Waals surface area contributed by atoms with Crippen molar-refractivity contribution < 1.29 is 0 Å². The Labute approximate surface area is 188 Å². The van der Waals surface area contributed by atoms with Crippen LogP contribution in [0, 0.1) is 0 Å². The van der Waals surface area contributed by atoms with Crippen molar-refractivity contribution >= 4 is 20.3 Å². The molecule has 0 aliphatic carbocycles. The van der Waals surface area contributed by atoms with Gasteiger partial charge in [-0.2, -0.15) is 0 Å². The van der Waals surface area contributed by atoms with Gasteiger partial charge in [-0.25, -0.2) is 0 Å². The Bertz CT molecular complexity index is 261. The van der Waals surface area contributed by atoms with E-state index in [1.165, 1.54) is 116 Å². The van der Waals surface area contributed by atoms with Crippen LogP contribution in [0.25, 0.3) is 0 Å². The summed E-state index contributed by atoms with van der Waals surface area (Å²) in [6.45, 7) is 9.45. The van der Waals surface area contributed by atoms with Gasteiger partial charge < -0.3 is 0 Å². The van der Waals surface area contributed by atoms with E-state index in [1.807, 2.05) is 0 Å². The first kappa shape index (κ1) is 30.9. The standard InChI is InChI=1S/C26H55P.ClH/c1-5-9-12-13-14-15-16-17-18-19-20-21-23-26(22-8-4)27(24-10-6-2)25-11-7-3;/h26H,5-25H2,1-4H3;1H. The Hall–Kier alpha value is 0.720. The molecule has 0 saturated carbocycles. The Morgan fingerprint density at radius 3 is 1.21 bits per heavy atom. The zero-order valence-electron chi connectivity index (χ0n) is 20.3. The van der Waals surface area contributed by atoms with Crippen LogP contribution in [0.15, 0.2) is 0 Å². The van der Waals surface area contributed by atoms with E-state index in [1.54, 1.807) is 18.7 Å². The lowest BCUT2D eigenvalue weighted by Gasteiger charge is -2.28. The topological polar surface area (TPSA) is 0 Å². The van der Waals surface area contributed by atoms with Crippen molar-refractivity contribution in [3.63, 3.8) is 0 Å². The third-order valence-corrected chi connectivity index (χ3v) is 9.46. The quantitative estimate of drug-likeness (QED) is 0.117. The van der Waals surface area contributed by atoms with Gasteiger partial charge in [-0.15, -0.1) is 20.3 Å². The van der Waals surface area contributed by atoms with Gasteiger partial charge in [0.1, 0.15) is 0 Å². The Balaban J connectivity index is 0. The molecule has 0 amide bonds. The molecule has 28 heavy (non-hydrogen) atoms. The van der Waals surface area contributed by atoms with Gasteiger partial charge in [0.25, 0.3) is 0 Å². The average Bonchev–Trinajstić information content (AvgIpc) is 2.68. The fourth-order valence-corrected chi connectivity index (χ4v) is 7.83. The highest BCUT2D eigenvalue weighted by molar-refractivity contribution is 7.58. The summed E-state index contributed by atoms with van der Waals surface area (Å²) in [6.07, 6.45) is 31.0. The van der Waals surface area contributed by atoms with Gasteiger partial charge in [0.2, 0.25) is 0 Å². The molecule has 0 saturated heterocycles. The predicted octanol–water partition coefficient (Wildman–Crippen LogP) is 10.8. The van der Waals surface area contributed by atoms with E-state index in [-0.39, 0.29) is 12.4 Å². The van der Waals surface area contributed by atoms with Crippen molar-refractivity contribution in [1.29, 1.82) is 0 Å². The maximum atomic E-state index is 2.41. The van der Waals surface area contributed by atoms with Crippen LogP contribution in [-0.4, -0.2) is 18.0 Å². The summed E-state index contributed by atoms with van der Waals surface area (Å²) in [5, 5.41) is 0. The zero-order valence-corrected chi connectivity index (χ0v) is 22.0. The molecule has 0 bridgehead atoms. The summed E-state index contributed by atoms with van der Waals surface area (Å²) in [4.78, 5) is 0. The molecule has 0 aliphatic heterocycles. The molecular weight excluding hydrogens is 379 g/mol. The molecule has 0 aromatic rings. The van der Waals surface area contributed by atoms with Gasteiger partial charge >= 0.3 is 0 Å². The molecule has 172 valence electrons. The van der Waals surface area contributed by atoms with E-state index in [9.17, 15) is 0 Å². The smallest absolute Gasteiger partial charge is 0.0209 e. The van der Waals surface area contributed by atoms with Gasteiger partial charge in [-0.1, -0.05) is 124 Å². The summed E-state index contributed by atoms with van der Waals surface area (Å²) in [5.41, 5.74) is 1.09. The van der Waals surface area contributed by atoms with Crippen LogP contribution in [0.1, 0.15) is 150 Å². The van der Waals surface area contributed by atoms with Crippen LogP contribution in [0.3, 0.4) is 0 Å². The fraction of sp³-hybridized carbons (Fsp3) is 1.00. The zero-order chi connectivity index (χ0) is 20.0. The number of unbranched alkanes of at least 4 members (excludes halogenated alkanes) is 13. The average molecular weight is 435 g/mol. The van der Waals surface area contributed by atoms with Gasteiger partial charge in [-0.05, 0) is 43.7 Å². The van der Waals surface area contributed by atoms with Crippen molar-refractivity contribution in [2.45, 2.75) is 155 Å². The minimum atomic E-state index is 0. The molecule has 1 atom stereocenters. The van der Waals surface area contributed by atoms with Crippen molar-refractivity contribution in [2.75, 3.05) is 12.3 Å². The Kier molecular flexibility index (Phi) is 28.4. The maximum absolute atomic E-state index is 2.41. The molecule has 0 rings (SSSR count). The van der Waals surface area contributed by atoms with Crippen LogP contribution >= 0.6 is 20.3 Å². The molecule has 1 unspecified atom stereocenters. The molecule has 0 nitrogen and oxygen atoms in total. The van der Waals surface area contributed by atoms with Crippen molar-refractivity contribution in [3.8, 4) is 0 Å². The lowest BCUT2D eigenvalue weighted by molar-refractivity contribution is 0.532. The molecule has 0 fully saturated rings. The maximum Gasteiger partial charge on any atom is -0.0209 e. The normalized spacial score (nSPS) is 12.3. The first-order chi connectivity index (χ1) is 13.3. The molecule has 0 spiro atoms. The van der Waals surface area contributed by atoms with Gasteiger partial charge in [0, 0.05) is 0 Å². The second kappa shape index (κ2) is 25.8. The minimum Gasteiger partial charge on any atom is -0.147 e. The Morgan fingerprint density at radius 2 is 0.821 bits per heavy atom. The van der Waals surface area contributed by atoms with E-state index < -0.39 is 0 Å². The van der Waals surface area contributed by atoms with E-state index in [4.69, 9.17) is 0 Å². The second-order valence-corrected chi connectivity index (χ2v) is 11.7. The summed E-state index contributed by atoms with van der Waals surface area (Å²) in [7, 11) is 0.319. The minimum absolute atomic E-state index is 0. The van der Waals surface area contributed by atoms with Crippen molar-refractivity contribution in [3.05, 3.63) is 0 Å². The summed E-state index contributed by atoms with van der Waals surface area (Å²) >= 11 is 0. The molecule has 0 heterocycles. The number of halogens is 1. The molecule has 2 heteroatoms. The highest BCUT2D eigenvalue weighted by atomic mass is 35.5. The van der Waals surface area contributed by atoms with Crippen LogP contribution in [0.2, 0.25) is 0 Å². The van der Waals surface area contributed by atoms with E-state index >= 15 is 0 Å². The van der Waals surface area contributed by atoms with Crippen LogP contribution in [0.5, 0.6) is 0 Å². The predicted molar refractivity (Wildman–Crippen MR) is 138 cm³/mol. The van der Waals surface area contributed by atoms with Gasteiger partial charge in [-0.3, -0.25) is 0 Å². The fourth-order valence-electron chi connectivity index (χ4n) is 4.26.